The molecule has 0 spiro atoms. The highest BCUT2D eigenvalue weighted by Crippen LogP contribution is 2.35. The third-order valence-electron chi connectivity index (χ3n) is 3.59. The number of hydrogen-bond acceptors (Lipinski definition) is 5. The normalized spacial score (nSPS) is 11.0. The Kier molecular flexibility index (Phi) is 6.04. The summed E-state index contributed by atoms with van der Waals surface area (Å²) in [4.78, 5) is 10.8. The predicted octanol–water partition coefficient (Wildman–Crippen LogP) is 2.51. The van der Waals surface area contributed by atoms with Crippen LogP contribution in [0.5, 0.6) is 11.5 Å². The third-order valence-corrected chi connectivity index (χ3v) is 5.41. The summed E-state index contributed by atoms with van der Waals surface area (Å²) < 4.78 is 50.5. The van der Waals surface area contributed by atoms with Gasteiger partial charge >= 0.3 is 5.97 Å². The molecule has 0 saturated carbocycles. The highest BCUT2D eigenvalue weighted by Gasteiger charge is 2.28. The lowest BCUT2D eigenvalue weighted by Crippen LogP contribution is -2.33. The van der Waals surface area contributed by atoms with E-state index >= 15 is 0 Å². The highest BCUT2D eigenvalue weighted by atomic mass is 32.2. The molecule has 0 aromatic heterocycles. The molecule has 7 nitrogen and oxygen atoms in total. The zero-order chi connectivity index (χ0) is 19.3. The van der Waals surface area contributed by atoms with E-state index in [0.717, 1.165) is 28.6 Å². The Morgan fingerprint density at radius 1 is 1.12 bits per heavy atom. The van der Waals surface area contributed by atoms with Crippen molar-refractivity contribution >= 4 is 21.7 Å². The fourth-order valence-electron chi connectivity index (χ4n) is 2.29. The van der Waals surface area contributed by atoms with Crippen LogP contribution in [-0.4, -0.2) is 40.3 Å². The Labute approximate surface area is 150 Å². The second kappa shape index (κ2) is 8.05. The van der Waals surface area contributed by atoms with Gasteiger partial charge in [-0.2, -0.15) is 0 Å². The number of carboxylic acids is 1. The molecule has 0 fully saturated rings. The molecular formula is C17H18FNO6S. The van der Waals surface area contributed by atoms with Crippen molar-refractivity contribution in [1.82, 2.24) is 0 Å². The molecule has 0 amide bonds. The smallest absolute Gasteiger partial charge is 0.305 e. The lowest BCUT2D eigenvalue weighted by Gasteiger charge is -2.26. The summed E-state index contributed by atoms with van der Waals surface area (Å²) in [5.41, 5.74) is 0.123. The van der Waals surface area contributed by atoms with Crippen LogP contribution < -0.4 is 13.8 Å². The maximum absolute atomic E-state index is 13.1. The van der Waals surface area contributed by atoms with Gasteiger partial charge < -0.3 is 14.6 Å². The van der Waals surface area contributed by atoms with E-state index < -0.39 is 28.2 Å². The van der Waals surface area contributed by atoms with Gasteiger partial charge in [0.2, 0.25) is 0 Å². The number of ether oxygens (including phenoxy) is 2. The molecule has 0 aliphatic heterocycles. The molecule has 9 heteroatoms. The minimum Gasteiger partial charge on any atom is -0.497 e. The first kappa shape index (κ1) is 19.5. The van der Waals surface area contributed by atoms with Gasteiger partial charge in [0.25, 0.3) is 10.0 Å². The van der Waals surface area contributed by atoms with E-state index in [0.29, 0.717) is 5.75 Å². The van der Waals surface area contributed by atoms with E-state index in [9.17, 15) is 17.6 Å². The molecular weight excluding hydrogens is 365 g/mol. The topological polar surface area (TPSA) is 93.1 Å². The summed E-state index contributed by atoms with van der Waals surface area (Å²) in [6, 6.07) is 8.80. The number of sulfonamides is 1. The first-order valence-electron chi connectivity index (χ1n) is 7.51. The number of carbonyl (C=O) groups is 1. The van der Waals surface area contributed by atoms with E-state index in [1.165, 1.54) is 26.4 Å². The first-order chi connectivity index (χ1) is 12.3. The van der Waals surface area contributed by atoms with Crippen LogP contribution in [0.4, 0.5) is 10.1 Å². The largest absolute Gasteiger partial charge is 0.497 e. The van der Waals surface area contributed by atoms with E-state index in [2.05, 4.69) is 0 Å². The van der Waals surface area contributed by atoms with Gasteiger partial charge in [0, 0.05) is 12.6 Å². The maximum atomic E-state index is 13.1. The molecule has 2 aromatic rings. The van der Waals surface area contributed by atoms with Gasteiger partial charge in [-0.25, -0.2) is 12.8 Å². The van der Waals surface area contributed by atoms with Crippen molar-refractivity contribution in [3.05, 3.63) is 48.3 Å². The lowest BCUT2D eigenvalue weighted by molar-refractivity contribution is -0.136. The summed E-state index contributed by atoms with van der Waals surface area (Å²) >= 11 is 0. The minimum atomic E-state index is -4.16. The quantitative estimate of drug-likeness (QED) is 0.753. The molecule has 0 saturated heterocycles. The van der Waals surface area contributed by atoms with E-state index in [4.69, 9.17) is 14.6 Å². The Hall–Kier alpha value is -2.81. The molecule has 0 heterocycles. The molecule has 2 rings (SSSR count). The Balaban J connectivity index is 2.59. The maximum Gasteiger partial charge on any atom is 0.305 e. The van der Waals surface area contributed by atoms with Gasteiger partial charge in [-0.15, -0.1) is 0 Å². The fraction of sp³-hybridized carbons (Fsp3) is 0.235. The third kappa shape index (κ3) is 4.23. The number of carboxylic acid groups (broad SMARTS) is 1. The monoisotopic (exact) mass is 383 g/mol. The molecule has 2 aromatic carbocycles. The second-order valence-electron chi connectivity index (χ2n) is 5.21. The summed E-state index contributed by atoms with van der Waals surface area (Å²) in [5, 5.41) is 8.98. The number of halogens is 1. The Morgan fingerprint density at radius 3 is 2.31 bits per heavy atom. The molecule has 0 radical (unpaired) electrons. The lowest BCUT2D eigenvalue weighted by atomic mass is 10.2. The van der Waals surface area contributed by atoms with Crippen molar-refractivity contribution in [1.29, 1.82) is 0 Å². The van der Waals surface area contributed by atoms with Crippen molar-refractivity contribution in [2.75, 3.05) is 25.1 Å². The SMILES string of the molecule is COc1ccc(OC)c(N(CCC(=O)O)S(=O)(=O)c2ccc(F)cc2)c1. The van der Waals surface area contributed by atoms with Gasteiger partial charge in [-0.3, -0.25) is 9.10 Å². The molecule has 0 unspecified atom stereocenters. The van der Waals surface area contributed by atoms with Crippen molar-refractivity contribution < 1.29 is 32.2 Å². The summed E-state index contributed by atoms with van der Waals surface area (Å²) in [5.74, 6) is -1.15. The number of aliphatic carboxylic acids is 1. The van der Waals surface area contributed by atoms with Crippen LogP contribution in [0.3, 0.4) is 0 Å². The fourth-order valence-corrected chi connectivity index (χ4v) is 3.76. The van der Waals surface area contributed by atoms with Crippen LogP contribution in [0.25, 0.3) is 0 Å². The van der Waals surface area contributed by atoms with Crippen molar-refractivity contribution in [3.8, 4) is 11.5 Å². The summed E-state index contributed by atoms with van der Waals surface area (Å²) in [6.07, 6.45) is -0.430. The number of hydrogen-bond donors (Lipinski definition) is 1. The number of benzene rings is 2. The van der Waals surface area contributed by atoms with Crippen LogP contribution in [0, 0.1) is 5.82 Å². The van der Waals surface area contributed by atoms with Gasteiger partial charge in [0.1, 0.15) is 17.3 Å². The molecule has 1 N–H and O–H groups in total. The van der Waals surface area contributed by atoms with Crippen molar-refractivity contribution in [2.24, 2.45) is 0 Å². The van der Waals surface area contributed by atoms with Crippen LogP contribution in [0.1, 0.15) is 6.42 Å². The zero-order valence-electron chi connectivity index (χ0n) is 14.2. The predicted molar refractivity (Wildman–Crippen MR) is 92.7 cm³/mol. The number of anilines is 1. The average molecular weight is 383 g/mol. The standard InChI is InChI=1S/C17H18FNO6S/c1-24-13-5-8-16(25-2)15(11-13)19(10-9-17(20)21)26(22,23)14-6-3-12(18)4-7-14/h3-8,11H,9-10H2,1-2H3,(H,20,21). The highest BCUT2D eigenvalue weighted by molar-refractivity contribution is 7.92. The average Bonchev–Trinajstić information content (AvgIpc) is 2.61. The van der Waals surface area contributed by atoms with Crippen LogP contribution in [0.2, 0.25) is 0 Å². The number of nitrogens with zero attached hydrogens (tertiary/aromatic N) is 1. The summed E-state index contributed by atoms with van der Waals surface area (Å²) in [7, 11) is -1.37. The molecule has 0 atom stereocenters. The van der Waals surface area contributed by atoms with Gasteiger partial charge in [0.15, 0.2) is 0 Å². The molecule has 0 aliphatic carbocycles. The number of methoxy groups -OCH3 is 2. The molecule has 140 valence electrons. The van der Waals surface area contributed by atoms with Crippen LogP contribution in [-0.2, 0) is 14.8 Å². The Morgan fingerprint density at radius 2 is 1.77 bits per heavy atom. The molecule has 26 heavy (non-hydrogen) atoms. The van der Waals surface area contributed by atoms with E-state index in [-0.39, 0.29) is 22.9 Å². The molecule has 0 aliphatic rings. The van der Waals surface area contributed by atoms with Crippen molar-refractivity contribution in [2.45, 2.75) is 11.3 Å². The second-order valence-corrected chi connectivity index (χ2v) is 7.07. The van der Waals surface area contributed by atoms with Crippen molar-refractivity contribution in [3.63, 3.8) is 0 Å². The van der Waals surface area contributed by atoms with Gasteiger partial charge in [-0.05, 0) is 36.4 Å². The van der Waals surface area contributed by atoms with Gasteiger partial charge in [-0.1, -0.05) is 0 Å². The first-order valence-corrected chi connectivity index (χ1v) is 8.95. The van der Waals surface area contributed by atoms with Gasteiger partial charge in [0.05, 0.1) is 31.2 Å². The zero-order valence-corrected chi connectivity index (χ0v) is 15.0. The van der Waals surface area contributed by atoms with Crippen LogP contribution in [0.15, 0.2) is 47.4 Å². The Bertz CT molecular complexity index is 883. The van der Waals surface area contributed by atoms with Crippen LogP contribution >= 0.6 is 0 Å². The number of rotatable bonds is 8. The van der Waals surface area contributed by atoms with E-state index in [1.54, 1.807) is 6.07 Å². The molecule has 0 bridgehead atoms. The minimum absolute atomic E-state index is 0.123. The van der Waals surface area contributed by atoms with E-state index in [1.807, 2.05) is 0 Å². The summed E-state index contributed by atoms with van der Waals surface area (Å²) in [6.45, 7) is -0.335.